The van der Waals surface area contributed by atoms with Crippen LogP contribution in [0.1, 0.15) is 11.3 Å². The van der Waals surface area contributed by atoms with Gasteiger partial charge in [-0.3, -0.25) is 0 Å². The number of hydrogen-bond donors (Lipinski definition) is 1. The molecule has 1 N–H and O–H groups in total. The summed E-state index contributed by atoms with van der Waals surface area (Å²) in [4.78, 5) is 4.52. The van der Waals surface area contributed by atoms with Gasteiger partial charge in [-0.05, 0) is 17.7 Å². The molecule has 3 rings (SSSR count). The highest BCUT2D eigenvalue weighted by molar-refractivity contribution is 5.85. The third kappa shape index (κ3) is 2.85. The van der Waals surface area contributed by atoms with Gasteiger partial charge in [-0.1, -0.05) is 48.5 Å². The Kier molecular flexibility index (Phi) is 4.03. The van der Waals surface area contributed by atoms with E-state index in [1.54, 1.807) is 6.07 Å². The van der Waals surface area contributed by atoms with Crippen molar-refractivity contribution in [2.45, 2.75) is 6.42 Å². The summed E-state index contributed by atoms with van der Waals surface area (Å²) in [6.07, 6.45) is 0.783. The fraction of sp³-hybridized carbons (Fsp3) is 0.0625. The fourth-order valence-electron chi connectivity index (χ4n) is 2.08. The molecule has 2 aromatic carbocycles. The van der Waals surface area contributed by atoms with Crippen molar-refractivity contribution in [1.82, 2.24) is 4.98 Å². The minimum absolute atomic E-state index is 0. The molecule has 0 aliphatic carbocycles. The normalized spacial score (nSPS) is 10.1. The largest absolute Gasteiger partial charge is 0.506 e. The monoisotopic (exact) mass is 271 g/mol. The maximum absolute atomic E-state index is 9.80. The molecule has 1 heterocycles. The maximum atomic E-state index is 9.80. The van der Waals surface area contributed by atoms with E-state index in [2.05, 4.69) is 17.1 Å². The predicted octanol–water partition coefficient (Wildman–Crippen LogP) is 3.95. The van der Waals surface area contributed by atoms with E-state index in [1.807, 2.05) is 42.5 Å². The number of aromatic hydroxyl groups is 1. The number of rotatable bonds is 2. The molecule has 0 saturated carbocycles. The molecule has 0 amide bonds. The molecule has 96 valence electrons. The predicted molar refractivity (Wildman–Crippen MR) is 79.9 cm³/mol. The SMILES string of the molecule is Cl.Oc1cccc2ccc(Cc3ccccc3)nc12. The summed E-state index contributed by atoms with van der Waals surface area (Å²) < 4.78 is 0. The first kappa shape index (κ1) is 13.4. The summed E-state index contributed by atoms with van der Waals surface area (Å²) >= 11 is 0. The number of halogens is 1. The molecule has 0 bridgehead atoms. The topological polar surface area (TPSA) is 33.1 Å². The van der Waals surface area contributed by atoms with Crippen molar-refractivity contribution in [3.63, 3.8) is 0 Å². The number of para-hydroxylation sites is 1. The second-order valence-electron chi connectivity index (χ2n) is 4.31. The van der Waals surface area contributed by atoms with Crippen LogP contribution in [-0.4, -0.2) is 10.1 Å². The Morgan fingerprint density at radius 3 is 2.42 bits per heavy atom. The van der Waals surface area contributed by atoms with Gasteiger partial charge in [0.1, 0.15) is 11.3 Å². The summed E-state index contributed by atoms with van der Waals surface area (Å²) in [7, 11) is 0. The average molecular weight is 272 g/mol. The maximum Gasteiger partial charge on any atom is 0.141 e. The first-order chi connectivity index (χ1) is 8.83. The zero-order chi connectivity index (χ0) is 12.4. The number of fused-ring (bicyclic) bond motifs is 1. The van der Waals surface area contributed by atoms with E-state index in [4.69, 9.17) is 0 Å². The van der Waals surface area contributed by atoms with Gasteiger partial charge in [0, 0.05) is 17.5 Å². The highest BCUT2D eigenvalue weighted by Gasteiger charge is 2.03. The van der Waals surface area contributed by atoms with Gasteiger partial charge in [0.2, 0.25) is 0 Å². The van der Waals surface area contributed by atoms with Crippen molar-refractivity contribution in [3.05, 3.63) is 71.9 Å². The summed E-state index contributed by atoms with van der Waals surface area (Å²) in [5, 5.41) is 10.8. The zero-order valence-corrected chi connectivity index (χ0v) is 11.1. The summed E-state index contributed by atoms with van der Waals surface area (Å²) in [5.41, 5.74) is 2.86. The third-order valence-corrected chi connectivity index (χ3v) is 2.98. The summed E-state index contributed by atoms with van der Waals surface area (Å²) in [6.45, 7) is 0. The van der Waals surface area contributed by atoms with Crippen molar-refractivity contribution >= 4 is 23.3 Å². The molecule has 0 spiro atoms. The molecule has 0 unspecified atom stereocenters. The van der Waals surface area contributed by atoms with E-state index in [0.717, 1.165) is 17.5 Å². The van der Waals surface area contributed by atoms with Crippen molar-refractivity contribution < 1.29 is 5.11 Å². The molecule has 3 aromatic rings. The van der Waals surface area contributed by atoms with Crippen LogP contribution in [-0.2, 0) is 6.42 Å². The standard InChI is InChI=1S/C16H13NO.ClH/c18-15-8-4-7-13-9-10-14(17-16(13)15)11-12-5-2-1-3-6-12;/h1-10,18H,11H2;1H. The number of benzene rings is 2. The minimum Gasteiger partial charge on any atom is -0.506 e. The van der Waals surface area contributed by atoms with Crippen LogP contribution in [0.2, 0.25) is 0 Å². The van der Waals surface area contributed by atoms with E-state index < -0.39 is 0 Å². The van der Waals surface area contributed by atoms with Gasteiger partial charge in [0.25, 0.3) is 0 Å². The van der Waals surface area contributed by atoms with E-state index in [9.17, 15) is 5.11 Å². The number of pyridine rings is 1. The first-order valence-corrected chi connectivity index (χ1v) is 5.94. The van der Waals surface area contributed by atoms with Gasteiger partial charge in [-0.25, -0.2) is 4.98 Å². The van der Waals surface area contributed by atoms with Crippen LogP contribution >= 0.6 is 12.4 Å². The Labute approximate surface area is 118 Å². The van der Waals surface area contributed by atoms with E-state index in [1.165, 1.54) is 5.56 Å². The molecule has 0 radical (unpaired) electrons. The second kappa shape index (κ2) is 5.72. The van der Waals surface area contributed by atoms with Crippen molar-refractivity contribution in [1.29, 1.82) is 0 Å². The van der Waals surface area contributed by atoms with Gasteiger partial charge in [0.15, 0.2) is 0 Å². The van der Waals surface area contributed by atoms with Gasteiger partial charge in [0.05, 0.1) is 0 Å². The molecule has 0 aliphatic heterocycles. The third-order valence-electron chi connectivity index (χ3n) is 2.98. The molecule has 19 heavy (non-hydrogen) atoms. The van der Waals surface area contributed by atoms with Crippen LogP contribution in [0.5, 0.6) is 5.75 Å². The molecule has 2 nitrogen and oxygen atoms in total. The lowest BCUT2D eigenvalue weighted by Gasteiger charge is -2.04. The van der Waals surface area contributed by atoms with E-state index in [-0.39, 0.29) is 18.2 Å². The molecular weight excluding hydrogens is 258 g/mol. The summed E-state index contributed by atoms with van der Waals surface area (Å²) in [6, 6.07) is 19.7. The quantitative estimate of drug-likeness (QED) is 0.765. The molecular formula is C16H14ClNO. The Morgan fingerprint density at radius 2 is 1.63 bits per heavy atom. The fourth-order valence-corrected chi connectivity index (χ4v) is 2.08. The first-order valence-electron chi connectivity index (χ1n) is 5.94. The molecule has 0 atom stereocenters. The van der Waals surface area contributed by atoms with Gasteiger partial charge >= 0.3 is 0 Å². The van der Waals surface area contributed by atoms with Crippen molar-refractivity contribution in [2.75, 3.05) is 0 Å². The van der Waals surface area contributed by atoms with Crippen LogP contribution in [0.3, 0.4) is 0 Å². The van der Waals surface area contributed by atoms with Crippen LogP contribution in [0.25, 0.3) is 10.9 Å². The van der Waals surface area contributed by atoms with E-state index in [0.29, 0.717) is 5.52 Å². The molecule has 1 aromatic heterocycles. The molecule has 0 fully saturated rings. The number of hydrogen-bond acceptors (Lipinski definition) is 2. The van der Waals surface area contributed by atoms with Crippen LogP contribution in [0, 0.1) is 0 Å². The number of aromatic nitrogens is 1. The molecule has 3 heteroatoms. The van der Waals surface area contributed by atoms with Crippen LogP contribution < -0.4 is 0 Å². The van der Waals surface area contributed by atoms with Crippen molar-refractivity contribution in [2.24, 2.45) is 0 Å². The highest BCUT2D eigenvalue weighted by Crippen LogP contribution is 2.23. The lowest BCUT2D eigenvalue weighted by Crippen LogP contribution is -1.92. The van der Waals surface area contributed by atoms with Crippen LogP contribution in [0.4, 0.5) is 0 Å². The van der Waals surface area contributed by atoms with Gasteiger partial charge in [-0.15, -0.1) is 12.4 Å². The number of phenolic OH excluding ortho intramolecular Hbond substituents is 1. The Morgan fingerprint density at radius 1 is 0.842 bits per heavy atom. The number of nitrogens with zero attached hydrogens (tertiary/aromatic N) is 1. The highest BCUT2D eigenvalue weighted by atomic mass is 35.5. The smallest absolute Gasteiger partial charge is 0.141 e. The van der Waals surface area contributed by atoms with Crippen LogP contribution in [0.15, 0.2) is 60.7 Å². The van der Waals surface area contributed by atoms with Gasteiger partial charge < -0.3 is 5.11 Å². The zero-order valence-electron chi connectivity index (χ0n) is 10.3. The van der Waals surface area contributed by atoms with E-state index >= 15 is 0 Å². The Balaban J connectivity index is 0.00000133. The van der Waals surface area contributed by atoms with Gasteiger partial charge in [-0.2, -0.15) is 0 Å². The number of phenols is 1. The lowest BCUT2D eigenvalue weighted by atomic mass is 10.1. The molecule has 0 saturated heterocycles. The molecule has 0 aliphatic rings. The second-order valence-corrected chi connectivity index (χ2v) is 4.31. The van der Waals surface area contributed by atoms with Crippen molar-refractivity contribution in [3.8, 4) is 5.75 Å². The summed E-state index contributed by atoms with van der Waals surface area (Å²) in [5.74, 6) is 0.238. The minimum atomic E-state index is 0. The lowest BCUT2D eigenvalue weighted by molar-refractivity contribution is 0.480. The Hall–Kier alpha value is -2.06. The Bertz CT molecular complexity index is 683. The average Bonchev–Trinajstić information content (AvgIpc) is 2.41.